The van der Waals surface area contributed by atoms with Crippen molar-refractivity contribution in [2.45, 2.75) is 45.7 Å². The fraction of sp³-hybridized carbons (Fsp3) is 0.385. The molecule has 1 unspecified atom stereocenters. The predicted octanol–water partition coefficient (Wildman–Crippen LogP) is 4.32. The van der Waals surface area contributed by atoms with Crippen LogP contribution in [0.2, 0.25) is 0 Å². The minimum Gasteiger partial charge on any atom is -0.507 e. The molecule has 3 heterocycles. The van der Waals surface area contributed by atoms with Gasteiger partial charge in [-0.3, -0.25) is 14.7 Å². The highest BCUT2D eigenvalue weighted by molar-refractivity contribution is 5.40. The highest BCUT2D eigenvalue weighted by Crippen LogP contribution is 2.35. The van der Waals surface area contributed by atoms with E-state index in [-0.39, 0.29) is 17.4 Å². The van der Waals surface area contributed by atoms with Crippen LogP contribution in [0.4, 0.5) is 0 Å². The van der Waals surface area contributed by atoms with E-state index in [4.69, 9.17) is 0 Å². The fourth-order valence-electron chi connectivity index (χ4n) is 4.89. The second kappa shape index (κ2) is 9.48. The molecule has 31 heavy (non-hydrogen) atoms. The average Bonchev–Trinajstić information content (AvgIpc) is 2.79. The van der Waals surface area contributed by atoms with Crippen molar-refractivity contribution in [1.29, 1.82) is 0 Å². The number of hydrogen-bond acceptors (Lipinski definition) is 4. The lowest BCUT2D eigenvalue weighted by Gasteiger charge is -2.38. The number of rotatable bonds is 6. The summed E-state index contributed by atoms with van der Waals surface area (Å²) < 4.78 is 1.74. The van der Waals surface area contributed by atoms with Gasteiger partial charge >= 0.3 is 0 Å². The lowest BCUT2D eigenvalue weighted by Crippen LogP contribution is -2.40. The lowest BCUT2D eigenvalue weighted by molar-refractivity contribution is 0.148. The summed E-state index contributed by atoms with van der Waals surface area (Å²) in [4.78, 5) is 19.9. The number of aromatic hydroxyl groups is 1. The summed E-state index contributed by atoms with van der Waals surface area (Å²) in [6, 6.07) is 16.0. The van der Waals surface area contributed by atoms with Gasteiger partial charge in [0.15, 0.2) is 0 Å². The van der Waals surface area contributed by atoms with Gasteiger partial charge in [0.1, 0.15) is 5.75 Å². The summed E-state index contributed by atoms with van der Waals surface area (Å²) in [7, 11) is 0. The molecular formula is C26H31N3O2. The van der Waals surface area contributed by atoms with Crippen LogP contribution in [-0.2, 0) is 13.0 Å². The third-order valence-electron chi connectivity index (χ3n) is 6.52. The Balaban J connectivity index is 1.63. The van der Waals surface area contributed by atoms with Gasteiger partial charge in [-0.2, -0.15) is 0 Å². The van der Waals surface area contributed by atoms with Crippen molar-refractivity contribution >= 4 is 0 Å². The molecule has 0 spiro atoms. The first-order chi connectivity index (χ1) is 15.1. The van der Waals surface area contributed by atoms with Gasteiger partial charge in [0.05, 0.1) is 11.6 Å². The van der Waals surface area contributed by atoms with E-state index in [2.05, 4.69) is 40.2 Å². The molecule has 0 amide bonds. The van der Waals surface area contributed by atoms with Gasteiger partial charge in [0.25, 0.3) is 5.56 Å². The molecule has 0 saturated carbocycles. The van der Waals surface area contributed by atoms with Crippen LogP contribution in [-0.4, -0.2) is 32.6 Å². The van der Waals surface area contributed by atoms with Crippen LogP contribution in [0, 0.1) is 12.8 Å². The van der Waals surface area contributed by atoms with E-state index >= 15 is 0 Å². The Bertz CT molecular complexity index is 1060. The molecule has 5 nitrogen and oxygen atoms in total. The number of aromatic nitrogens is 2. The minimum absolute atomic E-state index is 0.0837. The first kappa shape index (κ1) is 21.3. The maximum atomic E-state index is 13.4. The van der Waals surface area contributed by atoms with Gasteiger partial charge in [-0.25, -0.2) is 0 Å². The summed E-state index contributed by atoms with van der Waals surface area (Å²) in [5.74, 6) is 0.719. The average molecular weight is 418 g/mol. The van der Waals surface area contributed by atoms with Crippen molar-refractivity contribution < 1.29 is 5.11 Å². The third-order valence-corrected chi connectivity index (χ3v) is 6.52. The summed E-state index contributed by atoms with van der Waals surface area (Å²) in [6.45, 7) is 6.20. The first-order valence-electron chi connectivity index (χ1n) is 11.2. The van der Waals surface area contributed by atoms with E-state index in [1.807, 2.05) is 26.0 Å². The molecular weight excluding hydrogens is 386 g/mol. The molecule has 1 aliphatic rings. The highest BCUT2D eigenvalue weighted by Gasteiger charge is 2.31. The Morgan fingerprint density at radius 2 is 1.77 bits per heavy atom. The van der Waals surface area contributed by atoms with Gasteiger partial charge in [0.2, 0.25) is 0 Å². The van der Waals surface area contributed by atoms with Crippen molar-refractivity contribution in [2.24, 2.45) is 5.92 Å². The SMILES string of the molecule is CCn1c(C)cc(O)c(C(c2ccncc2)N2CCC(Cc3ccccc3)CC2)c1=O. The zero-order valence-electron chi connectivity index (χ0n) is 18.4. The molecule has 1 saturated heterocycles. The van der Waals surface area contributed by atoms with Gasteiger partial charge in [-0.15, -0.1) is 0 Å². The molecule has 0 aliphatic carbocycles. The van der Waals surface area contributed by atoms with E-state index in [1.165, 1.54) is 5.56 Å². The number of nitrogens with zero attached hydrogens (tertiary/aromatic N) is 3. The quantitative estimate of drug-likeness (QED) is 0.649. The van der Waals surface area contributed by atoms with Crippen LogP contribution < -0.4 is 5.56 Å². The van der Waals surface area contributed by atoms with Crippen LogP contribution in [0.5, 0.6) is 5.75 Å². The van der Waals surface area contributed by atoms with Gasteiger partial charge in [-0.1, -0.05) is 30.3 Å². The molecule has 0 radical (unpaired) electrons. The molecule has 0 bridgehead atoms. The third kappa shape index (κ3) is 4.57. The van der Waals surface area contributed by atoms with E-state index in [0.29, 0.717) is 18.0 Å². The van der Waals surface area contributed by atoms with Crippen molar-refractivity contribution in [3.63, 3.8) is 0 Å². The Hall–Kier alpha value is -2.92. The van der Waals surface area contributed by atoms with E-state index < -0.39 is 0 Å². The van der Waals surface area contributed by atoms with E-state index in [9.17, 15) is 9.90 Å². The minimum atomic E-state index is -0.272. The van der Waals surface area contributed by atoms with Crippen LogP contribution in [0.25, 0.3) is 0 Å². The maximum absolute atomic E-state index is 13.4. The van der Waals surface area contributed by atoms with Crippen LogP contribution in [0.15, 0.2) is 65.7 Å². The summed E-state index contributed by atoms with van der Waals surface area (Å²) >= 11 is 0. The Kier molecular flexibility index (Phi) is 6.52. The molecule has 1 N–H and O–H groups in total. The first-order valence-corrected chi connectivity index (χ1v) is 11.2. The second-order valence-electron chi connectivity index (χ2n) is 8.49. The monoisotopic (exact) mass is 417 g/mol. The lowest BCUT2D eigenvalue weighted by atomic mass is 9.88. The van der Waals surface area contributed by atoms with Crippen molar-refractivity contribution in [3.8, 4) is 5.75 Å². The van der Waals surface area contributed by atoms with Crippen LogP contribution >= 0.6 is 0 Å². The molecule has 5 heteroatoms. The normalized spacial score (nSPS) is 16.3. The van der Waals surface area contributed by atoms with E-state index in [0.717, 1.165) is 43.6 Å². The maximum Gasteiger partial charge on any atom is 0.259 e. The zero-order chi connectivity index (χ0) is 21.8. The van der Waals surface area contributed by atoms with E-state index in [1.54, 1.807) is 23.0 Å². The Morgan fingerprint density at radius 3 is 2.42 bits per heavy atom. The fourth-order valence-corrected chi connectivity index (χ4v) is 4.89. The largest absolute Gasteiger partial charge is 0.507 e. The molecule has 4 rings (SSSR count). The number of hydrogen-bond donors (Lipinski definition) is 1. The van der Waals surface area contributed by atoms with Gasteiger partial charge < -0.3 is 9.67 Å². The molecule has 162 valence electrons. The zero-order valence-corrected chi connectivity index (χ0v) is 18.4. The van der Waals surface area contributed by atoms with Crippen molar-refractivity contribution in [2.75, 3.05) is 13.1 Å². The Labute approximate surface area is 184 Å². The number of benzene rings is 1. The molecule has 1 aromatic carbocycles. The summed E-state index contributed by atoms with van der Waals surface area (Å²) in [6.07, 6.45) is 6.76. The second-order valence-corrected chi connectivity index (χ2v) is 8.49. The number of piperidine rings is 1. The molecule has 1 atom stereocenters. The Morgan fingerprint density at radius 1 is 1.10 bits per heavy atom. The molecule has 1 fully saturated rings. The smallest absolute Gasteiger partial charge is 0.259 e. The molecule has 2 aromatic heterocycles. The summed E-state index contributed by atoms with van der Waals surface area (Å²) in [5.41, 5.74) is 3.53. The standard InChI is InChI=1S/C26H31N3O2/c1-3-29-19(2)17-23(30)24(26(29)31)25(22-9-13-27-14-10-22)28-15-11-21(12-16-28)18-20-7-5-4-6-8-20/h4-10,13-14,17,21,25,30H,3,11-12,15-16,18H2,1-2H3. The number of likely N-dealkylation sites (tertiary alicyclic amines) is 1. The van der Waals surface area contributed by atoms with Crippen LogP contribution in [0.1, 0.15) is 48.2 Å². The molecule has 1 aliphatic heterocycles. The topological polar surface area (TPSA) is 58.4 Å². The van der Waals surface area contributed by atoms with Gasteiger partial charge in [0, 0.05) is 24.6 Å². The number of pyridine rings is 2. The predicted molar refractivity (Wildman–Crippen MR) is 123 cm³/mol. The highest BCUT2D eigenvalue weighted by atomic mass is 16.3. The van der Waals surface area contributed by atoms with Crippen molar-refractivity contribution in [1.82, 2.24) is 14.5 Å². The van der Waals surface area contributed by atoms with Crippen LogP contribution in [0.3, 0.4) is 0 Å². The van der Waals surface area contributed by atoms with Gasteiger partial charge in [-0.05, 0) is 81.4 Å². The number of aryl methyl sites for hydroxylation is 1. The molecule has 3 aromatic rings. The summed E-state index contributed by atoms with van der Waals surface area (Å²) in [5, 5.41) is 10.8. The van der Waals surface area contributed by atoms with Crippen molar-refractivity contribution in [3.05, 3.63) is 93.7 Å².